The maximum absolute atomic E-state index is 10.8. The number of aliphatic hydroxyl groups is 2. The van der Waals surface area contributed by atoms with Gasteiger partial charge in [0.1, 0.15) is 6.29 Å². The molecule has 0 saturated heterocycles. The van der Waals surface area contributed by atoms with Crippen LogP contribution in [0, 0.1) is 0 Å². The molecule has 2 atom stereocenters. The maximum Gasteiger partial charge on any atom is 0.161 e. The summed E-state index contributed by atoms with van der Waals surface area (Å²) >= 11 is 0. The molecule has 0 heterocycles. The molecule has 0 aromatic heterocycles. The zero-order chi connectivity index (χ0) is 20.0. The zero-order valence-corrected chi connectivity index (χ0v) is 15.0. The number of benzene rings is 2. The third kappa shape index (κ3) is 4.39. The summed E-state index contributed by atoms with van der Waals surface area (Å²) in [7, 11) is 2.76. The van der Waals surface area contributed by atoms with Crippen LogP contribution in [0.5, 0.6) is 23.0 Å². The van der Waals surface area contributed by atoms with Gasteiger partial charge in [0, 0.05) is 11.5 Å². The van der Waals surface area contributed by atoms with Crippen LogP contribution in [-0.4, -0.2) is 47.5 Å². The van der Waals surface area contributed by atoms with E-state index in [0.717, 1.165) is 0 Å². The molecular formula is C20H22O7. The van der Waals surface area contributed by atoms with Crippen molar-refractivity contribution < 1.29 is 34.7 Å². The fourth-order valence-corrected chi connectivity index (χ4v) is 2.82. The highest BCUT2D eigenvalue weighted by molar-refractivity contribution is 5.75. The van der Waals surface area contributed by atoms with Crippen LogP contribution in [0.2, 0.25) is 0 Å². The summed E-state index contributed by atoms with van der Waals surface area (Å²) in [5.41, 5.74) is 1.19. The number of rotatable bonds is 8. The molecule has 0 aliphatic rings. The number of carbonyl (C=O) groups is 1. The molecule has 2 aromatic rings. The van der Waals surface area contributed by atoms with E-state index in [1.165, 1.54) is 50.6 Å². The van der Waals surface area contributed by atoms with Crippen LogP contribution < -0.4 is 9.47 Å². The van der Waals surface area contributed by atoms with Crippen LogP contribution >= 0.6 is 0 Å². The topological polar surface area (TPSA) is 116 Å². The highest BCUT2D eigenvalue weighted by Gasteiger charge is 2.27. The van der Waals surface area contributed by atoms with E-state index in [4.69, 9.17) is 9.47 Å². The lowest BCUT2D eigenvalue weighted by molar-refractivity contribution is -0.104. The molecule has 0 amide bonds. The average Bonchev–Trinajstić information content (AvgIpc) is 2.68. The van der Waals surface area contributed by atoms with E-state index in [2.05, 4.69) is 0 Å². The van der Waals surface area contributed by atoms with Gasteiger partial charge in [0.15, 0.2) is 23.0 Å². The maximum atomic E-state index is 10.8. The van der Waals surface area contributed by atoms with Crippen molar-refractivity contribution in [2.45, 2.75) is 12.0 Å². The summed E-state index contributed by atoms with van der Waals surface area (Å²) in [5, 5.41) is 40.8. The van der Waals surface area contributed by atoms with Crippen molar-refractivity contribution in [3.63, 3.8) is 0 Å². The van der Waals surface area contributed by atoms with Gasteiger partial charge >= 0.3 is 0 Å². The van der Waals surface area contributed by atoms with Crippen molar-refractivity contribution in [3.05, 3.63) is 53.1 Å². The van der Waals surface area contributed by atoms with Gasteiger partial charge in [0.25, 0.3) is 0 Å². The van der Waals surface area contributed by atoms with Crippen LogP contribution in [0.25, 0.3) is 6.08 Å². The minimum Gasteiger partial charge on any atom is -0.504 e. The number of methoxy groups -OCH3 is 2. The number of aldehydes is 1. The number of aliphatic hydroxyl groups excluding tert-OH is 2. The Labute approximate surface area is 156 Å². The first-order chi connectivity index (χ1) is 13.0. The van der Waals surface area contributed by atoms with E-state index in [9.17, 15) is 25.2 Å². The molecule has 0 unspecified atom stereocenters. The van der Waals surface area contributed by atoms with E-state index in [1.807, 2.05) is 0 Å². The van der Waals surface area contributed by atoms with Crippen molar-refractivity contribution in [3.8, 4) is 23.0 Å². The molecule has 0 aliphatic heterocycles. The van der Waals surface area contributed by atoms with E-state index in [0.29, 0.717) is 17.4 Å². The molecule has 2 aromatic carbocycles. The van der Waals surface area contributed by atoms with Gasteiger partial charge in [0.05, 0.1) is 26.9 Å². The number of aromatic hydroxyl groups is 2. The molecule has 7 heteroatoms. The molecule has 0 spiro atoms. The Morgan fingerprint density at radius 2 is 1.78 bits per heavy atom. The van der Waals surface area contributed by atoms with E-state index in [-0.39, 0.29) is 28.6 Å². The van der Waals surface area contributed by atoms with E-state index in [1.54, 1.807) is 6.07 Å². The smallest absolute Gasteiger partial charge is 0.161 e. The highest BCUT2D eigenvalue weighted by atomic mass is 16.5. The van der Waals surface area contributed by atoms with Crippen molar-refractivity contribution in [1.82, 2.24) is 0 Å². The predicted molar refractivity (Wildman–Crippen MR) is 99.2 cm³/mol. The summed E-state index contributed by atoms with van der Waals surface area (Å²) in [6.07, 6.45) is 2.21. The predicted octanol–water partition coefficient (Wildman–Crippen LogP) is 2.14. The highest BCUT2D eigenvalue weighted by Crippen LogP contribution is 2.42. The lowest BCUT2D eigenvalue weighted by Gasteiger charge is -2.24. The minimum atomic E-state index is -1.20. The summed E-state index contributed by atoms with van der Waals surface area (Å²) in [4.78, 5) is 10.6. The number of carbonyl (C=O) groups excluding carboxylic acids is 1. The molecule has 7 nitrogen and oxygen atoms in total. The first-order valence-corrected chi connectivity index (χ1v) is 8.15. The number of phenolic OH excluding ortho intramolecular Hbond substituents is 2. The van der Waals surface area contributed by atoms with Crippen LogP contribution in [0.4, 0.5) is 0 Å². The Morgan fingerprint density at radius 3 is 2.37 bits per heavy atom. The Bertz CT molecular complexity index is 829. The van der Waals surface area contributed by atoms with Crippen molar-refractivity contribution in [2.75, 3.05) is 20.8 Å². The molecule has 144 valence electrons. The second-order valence-corrected chi connectivity index (χ2v) is 5.82. The lowest BCUT2D eigenvalue weighted by atomic mass is 9.87. The number of allylic oxidation sites excluding steroid dienone is 1. The number of phenols is 2. The van der Waals surface area contributed by atoms with Crippen LogP contribution in [0.1, 0.15) is 28.7 Å². The second kappa shape index (κ2) is 9.07. The fourth-order valence-electron chi connectivity index (χ4n) is 2.82. The SMILES string of the molecule is COc1cc([C@@H](O)[C@H](CO)c2cc(/C=C/C=O)cc(OC)c2O)ccc1O. The third-order valence-corrected chi connectivity index (χ3v) is 4.24. The first kappa shape index (κ1) is 20.3. The van der Waals surface area contributed by atoms with Crippen LogP contribution in [0.15, 0.2) is 36.4 Å². The van der Waals surface area contributed by atoms with Gasteiger partial charge in [-0.05, 0) is 41.5 Å². The molecule has 2 rings (SSSR count). The van der Waals surface area contributed by atoms with Gasteiger partial charge in [-0.2, -0.15) is 0 Å². The largest absolute Gasteiger partial charge is 0.504 e. The van der Waals surface area contributed by atoms with E-state index >= 15 is 0 Å². The minimum absolute atomic E-state index is 0.0838. The zero-order valence-electron chi connectivity index (χ0n) is 15.0. The van der Waals surface area contributed by atoms with Crippen molar-refractivity contribution >= 4 is 12.4 Å². The molecule has 0 fully saturated rings. The fraction of sp³-hybridized carbons (Fsp3) is 0.250. The Hall–Kier alpha value is -3.03. The summed E-state index contributed by atoms with van der Waals surface area (Å²) in [6.45, 7) is -0.470. The Morgan fingerprint density at radius 1 is 1.07 bits per heavy atom. The molecule has 27 heavy (non-hydrogen) atoms. The summed E-state index contributed by atoms with van der Waals surface area (Å²) < 4.78 is 10.2. The number of hydrogen-bond donors (Lipinski definition) is 4. The number of ether oxygens (including phenoxy) is 2. The van der Waals surface area contributed by atoms with E-state index < -0.39 is 18.6 Å². The van der Waals surface area contributed by atoms with Gasteiger partial charge in [-0.1, -0.05) is 12.1 Å². The molecule has 0 bridgehead atoms. The second-order valence-electron chi connectivity index (χ2n) is 5.82. The normalized spacial score (nSPS) is 13.3. The van der Waals surface area contributed by atoms with Crippen LogP contribution in [0.3, 0.4) is 0 Å². The van der Waals surface area contributed by atoms with Gasteiger partial charge in [-0.3, -0.25) is 4.79 Å². The number of hydrogen-bond acceptors (Lipinski definition) is 7. The van der Waals surface area contributed by atoms with Crippen molar-refractivity contribution in [1.29, 1.82) is 0 Å². The van der Waals surface area contributed by atoms with Gasteiger partial charge in [-0.15, -0.1) is 0 Å². The quantitative estimate of drug-likeness (QED) is 0.413. The third-order valence-electron chi connectivity index (χ3n) is 4.24. The Balaban J connectivity index is 2.52. The summed E-state index contributed by atoms with van der Waals surface area (Å²) in [5.74, 6) is -0.874. The molecule has 0 saturated carbocycles. The molecule has 0 radical (unpaired) electrons. The van der Waals surface area contributed by atoms with Gasteiger partial charge < -0.3 is 29.9 Å². The standard InChI is InChI=1S/C20H22O7/c1-26-17-10-13(5-6-16(17)23)19(24)15(11-22)14-8-12(4-3-7-21)9-18(27-2)20(14)25/h3-10,15,19,22-25H,11H2,1-2H3/b4-3+/t15-,19-/m1/s1. The average molecular weight is 374 g/mol. The van der Waals surface area contributed by atoms with Gasteiger partial charge in [0.2, 0.25) is 0 Å². The van der Waals surface area contributed by atoms with Gasteiger partial charge in [-0.25, -0.2) is 0 Å². The molecule has 0 aliphatic carbocycles. The molecular weight excluding hydrogens is 352 g/mol. The Kier molecular flexibility index (Phi) is 6.81. The molecule has 4 N–H and O–H groups in total. The van der Waals surface area contributed by atoms with Crippen LogP contribution in [-0.2, 0) is 4.79 Å². The first-order valence-electron chi connectivity index (χ1n) is 8.15. The monoisotopic (exact) mass is 374 g/mol. The lowest BCUT2D eigenvalue weighted by Crippen LogP contribution is -2.15. The summed E-state index contributed by atoms with van der Waals surface area (Å²) in [6, 6.07) is 7.40. The van der Waals surface area contributed by atoms with Crippen molar-refractivity contribution in [2.24, 2.45) is 0 Å².